The number of nitrogens with one attached hydrogen (secondary N) is 2. The average molecular weight is 350 g/mol. The van der Waals surface area contributed by atoms with Gasteiger partial charge in [0, 0.05) is 18.2 Å². The van der Waals surface area contributed by atoms with Gasteiger partial charge in [-0.1, -0.05) is 12.1 Å². The molecule has 0 aliphatic carbocycles. The maximum atomic E-state index is 13.7. The third-order valence-corrected chi connectivity index (χ3v) is 5.13. The normalized spacial score (nSPS) is 11.7. The maximum Gasteiger partial charge on any atom is 0.264 e. The van der Waals surface area contributed by atoms with Crippen LogP contribution in [0.15, 0.2) is 33.6 Å². The molecule has 126 valence electrons. The predicted molar refractivity (Wildman–Crippen MR) is 85.5 cm³/mol. The number of para-hydroxylation sites is 1. The molecule has 1 aromatic carbocycles. The topological polar surface area (TPSA) is 101 Å². The van der Waals surface area contributed by atoms with Crippen LogP contribution in [0.2, 0.25) is 0 Å². The van der Waals surface area contributed by atoms with Crippen LogP contribution >= 0.6 is 0 Å². The zero-order valence-corrected chi connectivity index (χ0v) is 14.0. The molecule has 0 bridgehead atoms. The molecule has 0 aliphatic heterocycles. The Hall–Kier alpha value is -2.68. The van der Waals surface area contributed by atoms with Gasteiger partial charge in [-0.25, -0.2) is 12.8 Å². The molecule has 0 atom stereocenters. The van der Waals surface area contributed by atoms with Gasteiger partial charge < -0.3 is 9.40 Å². The van der Waals surface area contributed by atoms with Gasteiger partial charge in [-0.3, -0.25) is 4.72 Å². The second-order valence-electron chi connectivity index (χ2n) is 5.29. The first kappa shape index (κ1) is 16.2. The molecule has 3 aromatic rings. The van der Waals surface area contributed by atoms with Crippen molar-refractivity contribution in [2.75, 3.05) is 4.72 Å². The van der Waals surface area contributed by atoms with E-state index < -0.39 is 15.8 Å². The van der Waals surface area contributed by atoms with Crippen LogP contribution in [0, 0.1) is 26.6 Å². The highest BCUT2D eigenvalue weighted by Crippen LogP contribution is 2.31. The van der Waals surface area contributed by atoms with E-state index in [0.717, 1.165) is 0 Å². The van der Waals surface area contributed by atoms with Gasteiger partial charge in [0.25, 0.3) is 15.9 Å². The molecule has 0 fully saturated rings. The Labute approximate surface area is 138 Å². The third kappa shape index (κ3) is 2.78. The van der Waals surface area contributed by atoms with Crippen LogP contribution in [0.1, 0.15) is 17.1 Å². The fraction of sp³-hybridized carbons (Fsp3) is 0.200. The van der Waals surface area contributed by atoms with Gasteiger partial charge in [0.2, 0.25) is 5.89 Å². The van der Waals surface area contributed by atoms with E-state index in [-0.39, 0.29) is 16.5 Å². The number of H-pyrrole nitrogens is 1. The average Bonchev–Trinajstić information content (AvgIpc) is 3.05. The van der Waals surface area contributed by atoms with Crippen molar-refractivity contribution < 1.29 is 17.2 Å². The van der Waals surface area contributed by atoms with Gasteiger partial charge >= 0.3 is 0 Å². The number of benzene rings is 1. The van der Waals surface area contributed by atoms with Crippen LogP contribution in [0.3, 0.4) is 0 Å². The Kier molecular flexibility index (Phi) is 3.88. The standard InChI is InChI=1S/C15H15FN4O3S/c1-8-13(15-19-18-10(3)23-15)17-9(2)14(8)24(21,22)20-12-7-5-4-6-11(12)16/h4-7,17,20H,1-3H3. The molecule has 0 saturated carbocycles. The Morgan fingerprint density at radius 2 is 1.88 bits per heavy atom. The number of aromatic amines is 1. The minimum absolute atomic E-state index is 0.0246. The van der Waals surface area contributed by atoms with Crippen LogP contribution in [0.25, 0.3) is 11.6 Å². The summed E-state index contributed by atoms with van der Waals surface area (Å²) in [6.07, 6.45) is 0. The van der Waals surface area contributed by atoms with Crippen molar-refractivity contribution >= 4 is 15.7 Å². The van der Waals surface area contributed by atoms with Gasteiger partial charge in [-0.05, 0) is 26.0 Å². The molecule has 2 aromatic heterocycles. The van der Waals surface area contributed by atoms with E-state index in [1.54, 1.807) is 26.8 Å². The Morgan fingerprint density at radius 1 is 1.17 bits per heavy atom. The lowest BCUT2D eigenvalue weighted by atomic mass is 10.2. The molecule has 7 nitrogen and oxygen atoms in total. The first-order valence-electron chi connectivity index (χ1n) is 7.06. The number of anilines is 1. The summed E-state index contributed by atoms with van der Waals surface area (Å²) in [6.45, 7) is 4.86. The first-order chi connectivity index (χ1) is 11.3. The quantitative estimate of drug-likeness (QED) is 0.753. The van der Waals surface area contributed by atoms with Gasteiger partial charge in [-0.15, -0.1) is 10.2 Å². The minimum atomic E-state index is -3.99. The number of nitrogens with zero attached hydrogens (tertiary/aromatic N) is 2. The Bertz CT molecular complexity index is 1010. The van der Waals surface area contributed by atoms with E-state index >= 15 is 0 Å². The summed E-state index contributed by atoms with van der Waals surface area (Å²) in [5.41, 5.74) is 1.11. The van der Waals surface area contributed by atoms with E-state index in [0.29, 0.717) is 22.8 Å². The SMILES string of the molecule is Cc1nnc(-c2[nH]c(C)c(S(=O)(=O)Nc3ccccc3F)c2C)o1. The van der Waals surface area contributed by atoms with E-state index in [1.165, 1.54) is 18.2 Å². The molecule has 0 unspecified atom stereocenters. The molecule has 0 radical (unpaired) electrons. The number of aryl methyl sites for hydroxylation is 2. The highest BCUT2D eigenvalue weighted by atomic mass is 32.2. The van der Waals surface area contributed by atoms with Crippen LogP contribution in [0.5, 0.6) is 0 Å². The highest BCUT2D eigenvalue weighted by molar-refractivity contribution is 7.92. The van der Waals surface area contributed by atoms with E-state index in [1.807, 2.05) is 0 Å². The van der Waals surface area contributed by atoms with Crippen LogP contribution < -0.4 is 4.72 Å². The lowest BCUT2D eigenvalue weighted by molar-refractivity contribution is 0.531. The number of rotatable bonds is 4. The summed E-state index contributed by atoms with van der Waals surface area (Å²) >= 11 is 0. The number of hydrogen-bond donors (Lipinski definition) is 2. The molecule has 9 heteroatoms. The Balaban J connectivity index is 2.06. The van der Waals surface area contributed by atoms with E-state index in [4.69, 9.17) is 4.42 Å². The lowest BCUT2D eigenvalue weighted by Crippen LogP contribution is -2.15. The zero-order valence-electron chi connectivity index (χ0n) is 13.2. The van der Waals surface area contributed by atoms with Crippen LogP contribution in [0.4, 0.5) is 10.1 Å². The predicted octanol–water partition coefficient (Wildman–Crippen LogP) is 2.93. The second-order valence-corrected chi connectivity index (χ2v) is 6.91. The van der Waals surface area contributed by atoms with E-state index in [2.05, 4.69) is 19.9 Å². The van der Waals surface area contributed by atoms with Gasteiger partial charge in [0.1, 0.15) is 16.4 Å². The van der Waals surface area contributed by atoms with Gasteiger partial charge in [0.15, 0.2) is 0 Å². The van der Waals surface area contributed by atoms with Crippen molar-refractivity contribution in [1.82, 2.24) is 15.2 Å². The number of hydrogen-bond acceptors (Lipinski definition) is 5. The smallest absolute Gasteiger partial charge is 0.264 e. The second kappa shape index (κ2) is 5.75. The van der Waals surface area contributed by atoms with Crippen LogP contribution in [-0.4, -0.2) is 23.6 Å². The molecular weight excluding hydrogens is 335 g/mol. The molecule has 24 heavy (non-hydrogen) atoms. The van der Waals surface area contributed by atoms with Gasteiger partial charge in [0.05, 0.1) is 5.69 Å². The number of sulfonamides is 1. The van der Waals surface area contributed by atoms with Crippen molar-refractivity contribution in [2.24, 2.45) is 0 Å². The Morgan fingerprint density at radius 3 is 2.50 bits per heavy atom. The zero-order chi connectivity index (χ0) is 17.5. The van der Waals surface area contributed by atoms with Crippen molar-refractivity contribution in [3.63, 3.8) is 0 Å². The summed E-state index contributed by atoms with van der Waals surface area (Å²) in [5, 5.41) is 7.62. The molecular formula is C15H15FN4O3S. The molecule has 0 spiro atoms. The van der Waals surface area contributed by atoms with E-state index in [9.17, 15) is 12.8 Å². The summed E-state index contributed by atoms with van der Waals surface area (Å²) < 4.78 is 46.7. The monoisotopic (exact) mass is 350 g/mol. The summed E-state index contributed by atoms with van der Waals surface area (Å²) in [4.78, 5) is 2.96. The fourth-order valence-electron chi connectivity index (χ4n) is 2.49. The molecule has 3 rings (SSSR count). The van der Waals surface area contributed by atoms with Crippen LogP contribution in [-0.2, 0) is 10.0 Å². The molecule has 2 heterocycles. The summed E-state index contributed by atoms with van der Waals surface area (Å²) in [7, 11) is -3.99. The summed E-state index contributed by atoms with van der Waals surface area (Å²) in [6, 6.07) is 5.56. The number of halogens is 1. The fourth-order valence-corrected chi connectivity index (χ4v) is 4.00. The highest BCUT2D eigenvalue weighted by Gasteiger charge is 2.27. The largest absolute Gasteiger partial charge is 0.420 e. The first-order valence-corrected chi connectivity index (χ1v) is 8.55. The molecule has 0 saturated heterocycles. The maximum absolute atomic E-state index is 13.7. The third-order valence-electron chi connectivity index (χ3n) is 3.50. The van der Waals surface area contributed by atoms with Crippen molar-refractivity contribution in [3.8, 4) is 11.6 Å². The molecule has 2 N–H and O–H groups in total. The summed E-state index contributed by atoms with van der Waals surface area (Å²) in [5.74, 6) is -0.0920. The minimum Gasteiger partial charge on any atom is -0.420 e. The van der Waals surface area contributed by atoms with Crippen molar-refractivity contribution in [2.45, 2.75) is 25.7 Å². The molecule has 0 aliphatic rings. The molecule has 0 amide bonds. The van der Waals surface area contributed by atoms with Gasteiger partial charge in [-0.2, -0.15) is 0 Å². The lowest BCUT2D eigenvalue weighted by Gasteiger charge is -2.09. The van der Waals surface area contributed by atoms with Crippen molar-refractivity contribution in [3.05, 3.63) is 47.2 Å². The number of aromatic nitrogens is 3. The van der Waals surface area contributed by atoms with Crippen molar-refractivity contribution in [1.29, 1.82) is 0 Å².